The lowest BCUT2D eigenvalue weighted by Gasteiger charge is -2.33. The van der Waals surface area contributed by atoms with Crippen molar-refractivity contribution in [3.63, 3.8) is 0 Å². The van der Waals surface area contributed by atoms with E-state index in [4.69, 9.17) is 5.73 Å². The summed E-state index contributed by atoms with van der Waals surface area (Å²) in [6.07, 6.45) is 8.87. The Morgan fingerprint density at radius 2 is 2.20 bits per heavy atom. The van der Waals surface area contributed by atoms with Gasteiger partial charge in [0.2, 0.25) is 5.91 Å². The molecule has 2 amide bonds. The second-order valence-electron chi connectivity index (χ2n) is 6.03. The number of imidazole rings is 1. The predicted octanol–water partition coefficient (Wildman–Crippen LogP) is 1.51. The number of hydrogen-bond donors (Lipinski definition) is 1. The molecule has 25 heavy (non-hydrogen) atoms. The van der Waals surface area contributed by atoms with Gasteiger partial charge in [0.1, 0.15) is 17.4 Å². The number of thioether (sulfide) groups is 1. The maximum Gasteiger partial charge on any atom is 0.256 e. The van der Waals surface area contributed by atoms with E-state index in [-0.39, 0.29) is 18.4 Å². The monoisotopic (exact) mass is 359 g/mol. The predicted molar refractivity (Wildman–Crippen MR) is 95.3 cm³/mol. The van der Waals surface area contributed by atoms with E-state index in [0.717, 1.165) is 23.7 Å². The first-order chi connectivity index (χ1) is 12.1. The van der Waals surface area contributed by atoms with Gasteiger partial charge >= 0.3 is 0 Å². The van der Waals surface area contributed by atoms with Crippen molar-refractivity contribution < 1.29 is 9.59 Å². The molecule has 3 heterocycles. The van der Waals surface area contributed by atoms with E-state index in [2.05, 4.69) is 9.97 Å². The highest BCUT2D eigenvalue weighted by molar-refractivity contribution is 7.98. The molecule has 1 aliphatic heterocycles. The molecule has 0 radical (unpaired) electrons. The van der Waals surface area contributed by atoms with Crippen molar-refractivity contribution in [1.29, 1.82) is 0 Å². The lowest BCUT2D eigenvalue weighted by Crippen LogP contribution is -2.40. The molecule has 1 unspecified atom stereocenters. The third-order valence-electron chi connectivity index (χ3n) is 4.34. The van der Waals surface area contributed by atoms with Crippen LogP contribution < -0.4 is 5.73 Å². The Morgan fingerprint density at radius 3 is 2.96 bits per heavy atom. The van der Waals surface area contributed by atoms with Gasteiger partial charge in [-0.1, -0.05) is 0 Å². The zero-order valence-corrected chi connectivity index (χ0v) is 14.9. The molecule has 0 aliphatic carbocycles. The minimum absolute atomic E-state index is 0.00448. The van der Waals surface area contributed by atoms with Crippen molar-refractivity contribution in [2.45, 2.75) is 30.3 Å². The first-order valence-corrected chi connectivity index (χ1v) is 9.40. The molecular formula is C17H21N5O2S. The quantitative estimate of drug-likeness (QED) is 0.817. The molecule has 0 spiro atoms. The number of piperidine rings is 1. The number of rotatable bonds is 5. The molecule has 1 aliphatic rings. The fourth-order valence-corrected chi connectivity index (χ4v) is 3.78. The van der Waals surface area contributed by atoms with Crippen molar-refractivity contribution in [3.05, 3.63) is 42.1 Å². The van der Waals surface area contributed by atoms with E-state index >= 15 is 0 Å². The first kappa shape index (κ1) is 17.5. The lowest BCUT2D eigenvalue weighted by atomic mass is 9.96. The third kappa shape index (κ3) is 3.84. The second kappa shape index (κ2) is 7.69. The molecule has 132 valence electrons. The molecule has 2 N–H and O–H groups in total. The smallest absolute Gasteiger partial charge is 0.256 e. The summed E-state index contributed by atoms with van der Waals surface area (Å²) in [7, 11) is 0. The highest BCUT2D eigenvalue weighted by atomic mass is 32.2. The molecule has 2 aromatic heterocycles. The lowest BCUT2D eigenvalue weighted by molar-refractivity contribution is -0.118. The molecule has 0 saturated carbocycles. The number of amides is 2. The van der Waals surface area contributed by atoms with E-state index in [1.54, 1.807) is 29.2 Å². The Labute approximate surface area is 150 Å². The van der Waals surface area contributed by atoms with Crippen LogP contribution in [0, 0.1) is 0 Å². The number of aromatic nitrogens is 3. The van der Waals surface area contributed by atoms with Crippen LogP contribution in [0.1, 0.15) is 34.9 Å². The van der Waals surface area contributed by atoms with Crippen molar-refractivity contribution in [2.75, 3.05) is 19.3 Å². The van der Waals surface area contributed by atoms with Gasteiger partial charge in [-0.25, -0.2) is 9.97 Å². The third-order valence-corrected chi connectivity index (χ3v) is 5.05. The van der Waals surface area contributed by atoms with E-state index in [9.17, 15) is 9.59 Å². The largest absolute Gasteiger partial charge is 0.368 e. The van der Waals surface area contributed by atoms with E-state index in [0.29, 0.717) is 18.7 Å². The molecule has 7 nitrogen and oxygen atoms in total. The van der Waals surface area contributed by atoms with Gasteiger partial charge in [0.15, 0.2) is 0 Å². The van der Waals surface area contributed by atoms with Crippen molar-refractivity contribution in [2.24, 2.45) is 5.73 Å². The Morgan fingerprint density at radius 1 is 1.36 bits per heavy atom. The van der Waals surface area contributed by atoms with Gasteiger partial charge in [-0.15, -0.1) is 11.8 Å². The summed E-state index contributed by atoms with van der Waals surface area (Å²) in [5, 5.41) is 0.741. The highest BCUT2D eigenvalue weighted by Gasteiger charge is 2.29. The summed E-state index contributed by atoms with van der Waals surface area (Å²) in [6, 6.07) is 3.60. The Balaban J connectivity index is 1.78. The van der Waals surface area contributed by atoms with E-state index < -0.39 is 5.91 Å². The molecule has 0 bridgehead atoms. The van der Waals surface area contributed by atoms with Crippen LogP contribution in [0.3, 0.4) is 0 Å². The zero-order chi connectivity index (χ0) is 17.8. The van der Waals surface area contributed by atoms with Crippen molar-refractivity contribution >= 4 is 23.6 Å². The SMILES string of the molecule is CSc1ncccc1C(=O)N1CCCC(c2nccn2CC(N)=O)C1. The minimum Gasteiger partial charge on any atom is -0.368 e. The number of nitrogens with two attached hydrogens (primary N) is 1. The Bertz CT molecular complexity index is 776. The summed E-state index contributed by atoms with van der Waals surface area (Å²) in [6.45, 7) is 1.41. The summed E-state index contributed by atoms with van der Waals surface area (Å²) < 4.78 is 1.78. The number of pyridine rings is 1. The fourth-order valence-electron chi connectivity index (χ4n) is 3.24. The Hall–Kier alpha value is -2.35. The highest BCUT2D eigenvalue weighted by Crippen LogP contribution is 2.28. The van der Waals surface area contributed by atoms with Crippen molar-refractivity contribution in [3.8, 4) is 0 Å². The Kier molecular flexibility index (Phi) is 5.37. The average molecular weight is 359 g/mol. The van der Waals surface area contributed by atoms with Gasteiger partial charge in [-0.3, -0.25) is 9.59 Å². The van der Waals surface area contributed by atoms with Gasteiger partial charge in [-0.2, -0.15) is 0 Å². The molecule has 1 saturated heterocycles. The van der Waals surface area contributed by atoms with Crippen molar-refractivity contribution in [1.82, 2.24) is 19.4 Å². The van der Waals surface area contributed by atoms with Crippen LogP contribution in [0.2, 0.25) is 0 Å². The van der Waals surface area contributed by atoms with Crippen LogP contribution in [0.25, 0.3) is 0 Å². The van der Waals surface area contributed by atoms with Crippen LogP contribution in [-0.4, -0.2) is 50.6 Å². The number of nitrogens with zero attached hydrogens (tertiary/aromatic N) is 4. The molecular weight excluding hydrogens is 338 g/mol. The fraction of sp³-hybridized carbons (Fsp3) is 0.412. The van der Waals surface area contributed by atoms with Gasteiger partial charge in [0.25, 0.3) is 5.91 Å². The standard InChI is InChI=1S/C17H21N5O2S/c1-25-16-13(5-2-6-20-16)17(24)22-8-3-4-12(10-22)15-19-7-9-21(15)11-14(18)23/h2,5-7,9,12H,3-4,8,10-11H2,1H3,(H2,18,23). The molecule has 2 aromatic rings. The van der Waals surface area contributed by atoms with Gasteiger partial charge < -0.3 is 15.2 Å². The second-order valence-corrected chi connectivity index (χ2v) is 6.83. The van der Waals surface area contributed by atoms with Gasteiger partial charge in [-0.05, 0) is 31.2 Å². The van der Waals surface area contributed by atoms with Gasteiger partial charge in [0, 0.05) is 37.6 Å². The molecule has 8 heteroatoms. The molecule has 1 fully saturated rings. The maximum absolute atomic E-state index is 12.9. The molecule has 1 atom stereocenters. The number of carbonyl (C=O) groups is 2. The van der Waals surface area contributed by atoms with Gasteiger partial charge in [0.05, 0.1) is 5.56 Å². The number of carbonyl (C=O) groups excluding carboxylic acids is 2. The van der Waals surface area contributed by atoms with Crippen LogP contribution in [0.4, 0.5) is 0 Å². The maximum atomic E-state index is 12.9. The van der Waals surface area contributed by atoms with Crippen LogP contribution in [0.5, 0.6) is 0 Å². The summed E-state index contributed by atoms with van der Waals surface area (Å²) in [5.41, 5.74) is 5.94. The number of hydrogen-bond acceptors (Lipinski definition) is 5. The van der Waals surface area contributed by atoms with Crippen LogP contribution in [-0.2, 0) is 11.3 Å². The summed E-state index contributed by atoms with van der Waals surface area (Å²) in [5.74, 6) is 0.507. The first-order valence-electron chi connectivity index (χ1n) is 8.17. The topological polar surface area (TPSA) is 94.1 Å². The zero-order valence-electron chi connectivity index (χ0n) is 14.1. The van der Waals surface area contributed by atoms with Crippen LogP contribution >= 0.6 is 11.8 Å². The van der Waals surface area contributed by atoms with E-state index in [1.165, 1.54) is 11.8 Å². The van der Waals surface area contributed by atoms with Crippen LogP contribution in [0.15, 0.2) is 35.7 Å². The average Bonchev–Trinajstić information content (AvgIpc) is 3.08. The minimum atomic E-state index is -0.400. The molecule has 3 rings (SSSR count). The molecule has 0 aromatic carbocycles. The summed E-state index contributed by atoms with van der Waals surface area (Å²) >= 11 is 1.47. The van der Waals surface area contributed by atoms with E-state index in [1.807, 2.05) is 17.2 Å². The summed E-state index contributed by atoms with van der Waals surface area (Å²) in [4.78, 5) is 34.7. The number of likely N-dealkylation sites (tertiary alicyclic amines) is 1. The number of primary amides is 1. The normalized spacial score (nSPS) is 17.5.